The van der Waals surface area contributed by atoms with Crippen molar-refractivity contribution in [2.45, 2.75) is 39.2 Å². The minimum Gasteiger partial charge on any atom is -0.396 e. The van der Waals surface area contributed by atoms with Gasteiger partial charge in [0.1, 0.15) is 0 Å². The minimum atomic E-state index is 0.0757. The summed E-state index contributed by atoms with van der Waals surface area (Å²) in [5.41, 5.74) is 0. The van der Waals surface area contributed by atoms with Gasteiger partial charge >= 0.3 is 0 Å². The van der Waals surface area contributed by atoms with Crippen LogP contribution >= 0.6 is 11.3 Å². The first-order valence-corrected chi connectivity index (χ1v) is 8.54. The lowest BCUT2D eigenvalue weighted by Crippen LogP contribution is -2.38. The Morgan fingerprint density at radius 1 is 1.38 bits per heavy atom. The molecule has 0 bridgehead atoms. The van der Waals surface area contributed by atoms with Crippen molar-refractivity contribution >= 4 is 17.2 Å². The zero-order chi connectivity index (χ0) is 15.7. The van der Waals surface area contributed by atoms with Crippen LogP contribution in [0.4, 0.5) is 0 Å². The molecule has 1 rings (SSSR count). The van der Waals surface area contributed by atoms with E-state index in [1.165, 1.54) is 4.88 Å². The molecule has 0 aliphatic heterocycles. The Balaban J connectivity index is 2.37. The predicted molar refractivity (Wildman–Crippen MR) is 88.5 cm³/mol. The highest BCUT2D eigenvalue weighted by atomic mass is 32.1. The number of hydrogen-bond donors (Lipinski definition) is 2. The molecule has 2 N–H and O–H groups in total. The Bertz CT molecular complexity index is 393. The number of hydrogen-bond acceptors (Lipinski definition) is 4. The molecule has 0 aliphatic rings. The van der Waals surface area contributed by atoms with E-state index in [4.69, 9.17) is 5.11 Å². The summed E-state index contributed by atoms with van der Waals surface area (Å²) in [5, 5.41) is 13.9. The van der Waals surface area contributed by atoms with Gasteiger partial charge in [-0.25, -0.2) is 0 Å². The van der Waals surface area contributed by atoms with Gasteiger partial charge in [-0.15, -0.1) is 11.3 Å². The smallest absolute Gasteiger partial charge is 0.234 e. The SMILES string of the molecule is CC(C)C(NC(=O)CN(C)CCCCCO)c1cccs1. The first kappa shape index (κ1) is 18.1. The summed E-state index contributed by atoms with van der Waals surface area (Å²) >= 11 is 1.69. The number of aliphatic hydroxyl groups excluding tert-OH is 1. The van der Waals surface area contributed by atoms with E-state index >= 15 is 0 Å². The van der Waals surface area contributed by atoms with Crippen molar-refractivity contribution in [2.24, 2.45) is 5.92 Å². The van der Waals surface area contributed by atoms with E-state index in [2.05, 4.69) is 25.2 Å². The molecule has 4 nitrogen and oxygen atoms in total. The first-order valence-electron chi connectivity index (χ1n) is 7.66. The average molecular weight is 312 g/mol. The predicted octanol–water partition coefficient (Wildman–Crippen LogP) is 2.66. The molecule has 1 unspecified atom stereocenters. The van der Waals surface area contributed by atoms with Crippen molar-refractivity contribution in [2.75, 3.05) is 26.7 Å². The lowest BCUT2D eigenvalue weighted by atomic mass is 10.0. The van der Waals surface area contributed by atoms with E-state index in [1.54, 1.807) is 11.3 Å². The van der Waals surface area contributed by atoms with Crippen LogP contribution in [-0.2, 0) is 4.79 Å². The fraction of sp³-hybridized carbons (Fsp3) is 0.688. The normalized spacial score (nSPS) is 12.9. The van der Waals surface area contributed by atoms with Crippen molar-refractivity contribution in [1.82, 2.24) is 10.2 Å². The summed E-state index contributed by atoms with van der Waals surface area (Å²) in [5.74, 6) is 0.453. The zero-order valence-corrected chi connectivity index (χ0v) is 14.2. The zero-order valence-electron chi connectivity index (χ0n) is 13.3. The van der Waals surface area contributed by atoms with Gasteiger partial charge in [-0.3, -0.25) is 9.69 Å². The molecule has 0 saturated heterocycles. The number of aliphatic hydroxyl groups is 1. The third-order valence-corrected chi connectivity index (χ3v) is 4.40. The Hall–Kier alpha value is -0.910. The Morgan fingerprint density at radius 3 is 2.71 bits per heavy atom. The Morgan fingerprint density at radius 2 is 2.14 bits per heavy atom. The standard InChI is InChI=1S/C16H28N2O2S/c1-13(2)16(14-8-7-11-21-14)17-15(20)12-18(3)9-5-4-6-10-19/h7-8,11,13,16,19H,4-6,9-10,12H2,1-3H3,(H,17,20). The maximum absolute atomic E-state index is 12.2. The fourth-order valence-corrected chi connectivity index (χ4v) is 3.20. The highest BCUT2D eigenvalue weighted by molar-refractivity contribution is 7.10. The van der Waals surface area contributed by atoms with Crippen molar-refractivity contribution in [1.29, 1.82) is 0 Å². The van der Waals surface area contributed by atoms with Crippen LogP contribution in [0.3, 0.4) is 0 Å². The summed E-state index contributed by atoms with van der Waals surface area (Å²) in [6.45, 7) is 5.82. The lowest BCUT2D eigenvalue weighted by Gasteiger charge is -2.23. The number of unbranched alkanes of at least 4 members (excludes halogenated alkanes) is 2. The van der Waals surface area contributed by atoms with Gasteiger partial charge in [0, 0.05) is 11.5 Å². The topological polar surface area (TPSA) is 52.6 Å². The van der Waals surface area contributed by atoms with Crippen LogP contribution in [0, 0.1) is 5.92 Å². The monoisotopic (exact) mass is 312 g/mol. The first-order chi connectivity index (χ1) is 10.0. The van der Waals surface area contributed by atoms with Crippen molar-refractivity contribution in [3.8, 4) is 0 Å². The highest BCUT2D eigenvalue weighted by Gasteiger charge is 2.19. The quantitative estimate of drug-likeness (QED) is 0.653. The molecule has 0 spiro atoms. The van der Waals surface area contributed by atoms with E-state index in [0.29, 0.717) is 12.5 Å². The van der Waals surface area contributed by atoms with Crippen molar-refractivity contribution in [3.63, 3.8) is 0 Å². The van der Waals surface area contributed by atoms with Crippen LogP contribution in [0.2, 0.25) is 0 Å². The lowest BCUT2D eigenvalue weighted by molar-refractivity contribution is -0.123. The molecule has 5 heteroatoms. The minimum absolute atomic E-state index is 0.0757. The van der Waals surface area contributed by atoms with Gasteiger partial charge in [0.2, 0.25) is 5.91 Å². The second-order valence-electron chi connectivity index (χ2n) is 5.83. The van der Waals surface area contributed by atoms with Gasteiger partial charge < -0.3 is 10.4 Å². The van der Waals surface area contributed by atoms with Gasteiger partial charge in [0.15, 0.2) is 0 Å². The number of amides is 1. The molecule has 0 aliphatic carbocycles. The maximum atomic E-state index is 12.2. The summed E-state index contributed by atoms with van der Waals surface area (Å²) in [4.78, 5) is 15.4. The van der Waals surface area contributed by atoms with Gasteiger partial charge in [-0.1, -0.05) is 19.9 Å². The fourth-order valence-electron chi connectivity index (χ4n) is 2.25. The average Bonchev–Trinajstić information content (AvgIpc) is 2.94. The molecule has 120 valence electrons. The van der Waals surface area contributed by atoms with E-state index in [9.17, 15) is 4.79 Å². The Labute approximate surface area is 132 Å². The highest BCUT2D eigenvalue weighted by Crippen LogP contribution is 2.25. The van der Waals surface area contributed by atoms with Gasteiger partial charge in [-0.05, 0) is 50.2 Å². The summed E-state index contributed by atoms with van der Waals surface area (Å²) in [7, 11) is 1.97. The molecule has 1 heterocycles. The molecule has 0 radical (unpaired) electrons. The van der Waals surface area contributed by atoms with Crippen LogP contribution in [0.15, 0.2) is 17.5 Å². The number of nitrogens with zero attached hydrogens (tertiary/aromatic N) is 1. The van der Waals surface area contributed by atoms with Crippen LogP contribution in [0.5, 0.6) is 0 Å². The number of thiophene rings is 1. The molecule has 0 fully saturated rings. The Kier molecular flexibility index (Phi) is 8.57. The van der Waals surface area contributed by atoms with Crippen LogP contribution in [0.1, 0.15) is 44.0 Å². The van der Waals surface area contributed by atoms with Gasteiger partial charge in [-0.2, -0.15) is 0 Å². The second kappa shape index (κ2) is 9.92. The van der Waals surface area contributed by atoms with Crippen LogP contribution < -0.4 is 5.32 Å². The number of likely N-dealkylation sites (N-methyl/N-ethyl adjacent to an activating group) is 1. The summed E-state index contributed by atoms with van der Waals surface area (Å²) in [6.07, 6.45) is 2.86. The third-order valence-electron chi connectivity index (χ3n) is 3.44. The number of nitrogens with one attached hydrogen (secondary N) is 1. The number of rotatable bonds is 10. The van der Waals surface area contributed by atoms with Crippen molar-refractivity contribution in [3.05, 3.63) is 22.4 Å². The van der Waals surface area contributed by atoms with Gasteiger partial charge in [0.25, 0.3) is 0 Å². The summed E-state index contributed by atoms with van der Waals surface area (Å²) < 4.78 is 0. The molecule has 1 aromatic heterocycles. The maximum Gasteiger partial charge on any atom is 0.234 e. The van der Waals surface area contributed by atoms with E-state index in [0.717, 1.165) is 25.8 Å². The third kappa shape index (κ3) is 7.07. The molecule has 0 aromatic carbocycles. The molecule has 1 aromatic rings. The second-order valence-corrected chi connectivity index (χ2v) is 6.81. The van der Waals surface area contributed by atoms with Crippen LogP contribution in [0.25, 0.3) is 0 Å². The molecular weight excluding hydrogens is 284 g/mol. The summed E-state index contributed by atoms with van der Waals surface area (Å²) in [6, 6.07) is 4.20. The molecule has 1 atom stereocenters. The molecular formula is C16H28N2O2S. The largest absolute Gasteiger partial charge is 0.396 e. The van der Waals surface area contributed by atoms with Crippen molar-refractivity contribution < 1.29 is 9.90 Å². The van der Waals surface area contributed by atoms with E-state index in [1.807, 2.05) is 23.4 Å². The van der Waals surface area contributed by atoms with E-state index in [-0.39, 0.29) is 18.6 Å². The number of carbonyl (C=O) groups excluding carboxylic acids is 1. The molecule has 0 saturated carbocycles. The van der Waals surface area contributed by atoms with E-state index < -0.39 is 0 Å². The number of carbonyl (C=O) groups is 1. The van der Waals surface area contributed by atoms with Crippen LogP contribution in [-0.4, -0.2) is 42.7 Å². The molecule has 21 heavy (non-hydrogen) atoms. The molecule has 1 amide bonds. The van der Waals surface area contributed by atoms with Gasteiger partial charge in [0.05, 0.1) is 12.6 Å².